The summed E-state index contributed by atoms with van der Waals surface area (Å²) in [4.78, 5) is 8.62. The van der Waals surface area contributed by atoms with E-state index in [1.165, 1.54) is 35.3 Å². The monoisotopic (exact) mass is 988 g/mol. The van der Waals surface area contributed by atoms with E-state index >= 15 is 0 Å². The molecule has 66 heavy (non-hydrogen) atoms. The summed E-state index contributed by atoms with van der Waals surface area (Å²) < 4.78 is 32.8. The highest BCUT2D eigenvalue weighted by Gasteiger charge is 2.16. The van der Waals surface area contributed by atoms with Gasteiger partial charge in [-0.15, -0.1) is 23.2 Å². The van der Waals surface area contributed by atoms with Crippen molar-refractivity contribution in [1.29, 1.82) is 10.5 Å². The van der Waals surface area contributed by atoms with Crippen molar-refractivity contribution in [3.63, 3.8) is 0 Å². The molecule has 2 heterocycles. The van der Waals surface area contributed by atoms with Crippen molar-refractivity contribution in [1.82, 2.24) is 9.97 Å². The lowest BCUT2D eigenvalue weighted by atomic mass is 10.1. The van der Waals surface area contributed by atoms with Crippen molar-refractivity contribution in [3.8, 4) is 46.6 Å². The first-order chi connectivity index (χ1) is 31.5. The fourth-order valence-electron chi connectivity index (χ4n) is 5.44. The second kappa shape index (κ2) is 28.2. The molecular formula is C47H47Cl3N8O6S2. The number of hydrogen-bond donors (Lipinski definition) is 4. The Kier molecular flexibility index (Phi) is 22.9. The van der Waals surface area contributed by atoms with E-state index in [0.29, 0.717) is 110 Å². The molecule has 6 rings (SSSR count). The van der Waals surface area contributed by atoms with Crippen molar-refractivity contribution >= 4 is 109 Å². The molecule has 0 bridgehead atoms. The van der Waals surface area contributed by atoms with Crippen molar-refractivity contribution in [3.05, 3.63) is 125 Å². The SMILES string of the molecule is C.COc1cc2c(Cl)c(C#N)cnc2cc1OCCCCl.COc1cc2c(Nc3ccc(OC(N)=CC=S)cc3)c(C#N)cnc2cc1OCCCCl.NC(=CC=S)Oc1ccc(N)cc1. The summed E-state index contributed by atoms with van der Waals surface area (Å²) in [6, 6.07) is 25.3. The third kappa shape index (κ3) is 15.7. The number of halogens is 3. The largest absolute Gasteiger partial charge is 0.493 e. The standard InChI is InChI=1S/C23H21ClN4O3S.C14H12Cl2N2O2.C9H10N2OS.CH4/c1-29-20-11-18-19(12-21(20)30-9-2-8-24)27-14-15(13-25)23(18)28-16-3-5-17(6-4-16)31-22(26)7-10-32;1-19-12-5-10-11(6-13(12)20-4-2-3-15)18-8-9(7-17)14(10)16;10-7-1-3-8(4-2-7)12-9(11)5-6-13;/h3-7,10-12,14H,2,8-9,26H2,1H3,(H,27,28);5-6,8H,2-4H2,1H3;1-6H,10-11H2;1H4. The van der Waals surface area contributed by atoms with Crippen molar-refractivity contribution in [2.75, 3.05) is 50.2 Å². The summed E-state index contributed by atoms with van der Waals surface area (Å²) in [5, 5.41) is 26.4. The number of fused-ring (bicyclic) bond motifs is 2. The van der Waals surface area contributed by atoms with E-state index in [1.807, 2.05) is 18.2 Å². The topological polar surface area (TPSA) is 219 Å². The Morgan fingerprint density at radius 2 is 1.15 bits per heavy atom. The van der Waals surface area contributed by atoms with Gasteiger partial charge in [0, 0.05) is 81.3 Å². The summed E-state index contributed by atoms with van der Waals surface area (Å²) in [6.07, 6.45) is 7.41. The van der Waals surface area contributed by atoms with Gasteiger partial charge in [0.15, 0.2) is 34.8 Å². The van der Waals surface area contributed by atoms with E-state index < -0.39 is 0 Å². The molecule has 0 saturated carbocycles. The van der Waals surface area contributed by atoms with Crippen LogP contribution in [0.2, 0.25) is 5.02 Å². The lowest BCUT2D eigenvalue weighted by molar-refractivity contribution is 0.295. The highest BCUT2D eigenvalue weighted by Crippen LogP contribution is 2.38. The van der Waals surface area contributed by atoms with E-state index in [-0.39, 0.29) is 19.2 Å². The van der Waals surface area contributed by atoms with Gasteiger partial charge < -0.3 is 50.9 Å². The van der Waals surface area contributed by atoms with Crippen LogP contribution in [0.5, 0.6) is 34.5 Å². The van der Waals surface area contributed by atoms with Crippen LogP contribution in [-0.4, -0.2) is 59.9 Å². The number of nitrogens with two attached hydrogens (primary N) is 3. The molecule has 0 unspecified atom stereocenters. The second-order valence-electron chi connectivity index (χ2n) is 12.9. The molecule has 0 spiro atoms. The van der Waals surface area contributed by atoms with Crippen LogP contribution >= 0.6 is 59.2 Å². The predicted octanol–water partition coefficient (Wildman–Crippen LogP) is 10.9. The van der Waals surface area contributed by atoms with Gasteiger partial charge in [-0.05, 0) is 73.5 Å². The summed E-state index contributed by atoms with van der Waals surface area (Å²) >= 11 is 26.8. The number of methoxy groups -OCH3 is 2. The second-order valence-corrected chi connectivity index (χ2v) is 14.6. The normalized spacial score (nSPS) is 10.6. The molecule has 4 aromatic carbocycles. The lowest BCUT2D eigenvalue weighted by Gasteiger charge is -2.15. The Morgan fingerprint density at radius 1 is 0.697 bits per heavy atom. The Morgan fingerprint density at radius 3 is 1.61 bits per heavy atom. The summed E-state index contributed by atoms with van der Waals surface area (Å²) in [6.45, 7) is 0.959. The molecule has 0 fully saturated rings. The maximum Gasteiger partial charge on any atom is 0.191 e. The maximum atomic E-state index is 9.62. The number of nitriles is 2. The first kappa shape index (κ1) is 53.5. The van der Waals surface area contributed by atoms with Crippen LogP contribution in [-0.2, 0) is 0 Å². The lowest BCUT2D eigenvalue weighted by Crippen LogP contribution is -2.05. The number of thiocarbonyl (C=S) groups is 2. The fraction of sp³-hybridized carbons (Fsp3) is 0.191. The number of rotatable bonds is 18. The number of pyridine rings is 2. The molecule has 0 aliphatic heterocycles. The van der Waals surface area contributed by atoms with Crippen LogP contribution in [0.3, 0.4) is 0 Å². The molecule has 2 aromatic heterocycles. The number of nitrogens with zero attached hydrogens (tertiary/aromatic N) is 4. The number of ether oxygens (including phenoxy) is 6. The number of hydrogen-bond acceptors (Lipinski definition) is 16. The Balaban J connectivity index is 0.000000289. The first-order valence-corrected chi connectivity index (χ1v) is 21.7. The van der Waals surface area contributed by atoms with Crippen molar-refractivity contribution < 1.29 is 28.4 Å². The van der Waals surface area contributed by atoms with Crippen molar-refractivity contribution in [2.45, 2.75) is 20.3 Å². The zero-order chi connectivity index (χ0) is 47.1. The maximum absolute atomic E-state index is 9.62. The quantitative estimate of drug-likeness (QED) is 0.0157. The smallest absolute Gasteiger partial charge is 0.191 e. The van der Waals surface area contributed by atoms with Crippen LogP contribution in [0, 0.1) is 22.7 Å². The highest BCUT2D eigenvalue weighted by atomic mass is 35.5. The average molecular weight is 990 g/mol. The van der Waals surface area contributed by atoms with Gasteiger partial charge in [-0.25, -0.2) is 0 Å². The number of allylic oxidation sites excluding steroid dienone is 2. The minimum atomic E-state index is 0. The number of nitrogens with one attached hydrogen (secondary N) is 1. The Hall–Kier alpha value is -6.79. The minimum absolute atomic E-state index is 0. The summed E-state index contributed by atoms with van der Waals surface area (Å²) in [7, 11) is 3.11. The number of alkyl halides is 2. The van der Waals surface area contributed by atoms with Crippen LogP contribution in [0.1, 0.15) is 31.4 Å². The molecule has 344 valence electrons. The van der Waals surface area contributed by atoms with Gasteiger partial charge >= 0.3 is 0 Å². The van der Waals surface area contributed by atoms with E-state index in [9.17, 15) is 5.26 Å². The van der Waals surface area contributed by atoms with Gasteiger partial charge in [-0.1, -0.05) is 43.5 Å². The van der Waals surface area contributed by atoms with E-state index in [4.69, 9.17) is 97.9 Å². The molecule has 0 atom stereocenters. The van der Waals surface area contributed by atoms with Gasteiger partial charge in [0.25, 0.3) is 0 Å². The molecular weight excluding hydrogens is 943 g/mol. The third-order valence-corrected chi connectivity index (χ3v) is 9.71. The molecule has 7 N–H and O–H groups in total. The molecule has 6 aromatic rings. The van der Waals surface area contributed by atoms with Gasteiger partial charge in [-0.3, -0.25) is 9.97 Å². The van der Waals surface area contributed by atoms with Crippen LogP contribution < -0.4 is 50.9 Å². The zero-order valence-electron chi connectivity index (χ0n) is 35.1. The number of aromatic nitrogens is 2. The Bertz CT molecular complexity index is 2710. The predicted molar refractivity (Wildman–Crippen MR) is 273 cm³/mol. The van der Waals surface area contributed by atoms with Gasteiger partial charge in [0.05, 0.1) is 60.3 Å². The van der Waals surface area contributed by atoms with Crippen LogP contribution in [0.4, 0.5) is 17.1 Å². The van der Waals surface area contributed by atoms with E-state index in [0.717, 1.165) is 17.5 Å². The van der Waals surface area contributed by atoms with Crippen molar-refractivity contribution in [2.24, 2.45) is 11.5 Å². The zero-order valence-corrected chi connectivity index (χ0v) is 39.0. The van der Waals surface area contributed by atoms with Gasteiger partial charge in [-0.2, -0.15) is 10.5 Å². The first-order valence-electron chi connectivity index (χ1n) is 19.3. The average Bonchev–Trinajstić information content (AvgIpc) is 3.31. The summed E-state index contributed by atoms with van der Waals surface area (Å²) in [5.74, 6) is 4.93. The number of benzene rings is 4. The molecule has 0 aliphatic rings. The van der Waals surface area contributed by atoms with Gasteiger partial charge in [0.2, 0.25) is 0 Å². The highest BCUT2D eigenvalue weighted by molar-refractivity contribution is 7.79. The minimum Gasteiger partial charge on any atom is -0.493 e. The number of nitrogen functional groups attached to an aromatic ring is 1. The fourth-order valence-corrected chi connectivity index (χ4v) is 6.17. The molecule has 0 amide bonds. The van der Waals surface area contributed by atoms with E-state index in [1.54, 1.807) is 74.9 Å². The third-order valence-electron chi connectivity index (χ3n) is 8.49. The molecule has 19 heteroatoms. The number of anilines is 3. The van der Waals surface area contributed by atoms with Crippen LogP contribution in [0.15, 0.2) is 109 Å². The molecule has 14 nitrogen and oxygen atoms in total. The van der Waals surface area contributed by atoms with Gasteiger partial charge in [0.1, 0.15) is 23.6 Å². The molecule has 0 radical (unpaired) electrons. The molecule has 0 saturated heterocycles. The van der Waals surface area contributed by atoms with Crippen LogP contribution in [0.25, 0.3) is 21.8 Å². The Labute approximate surface area is 409 Å². The molecule has 0 aliphatic carbocycles. The summed E-state index contributed by atoms with van der Waals surface area (Å²) in [5.41, 5.74) is 20.7. The van der Waals surface area contributed by atoms with E-state index in [2.05, 4.69) is 33.6 Å².